The Morgan fingerprint density at radius 1 is 1.25 bits per heavy atom. The molecule has 2 heterocycles. The van der Waals surface area contributed by atoms with E-state index in [4.69, 9.17) is 4.42 Å². The van der Waals surface area contributed by atoms with Gasteiger partial charge in [0.2, 0.25) is 0 Å². The van der Waals surface area contributed by atoms with Crippen molar-refractivity contribution in [1.29, 1.82) is 0 Å². The molecular weight excluding hydrogens is 272 g/mol. The summed E-state index contributed by atoms with van der Waals surface area (Å²) in [5.41, 5.74) is 2.46. The maximum Gasteiger partial charge on any atom is 0.254 e. The quantitative estimate of drug-likeness (QED) is 0.799. The van der Waals surface area contributed by atoms with Gasteiger partial charge in [0.05, 0.1) is 24.1 Å². The van der Waals surface area contributed by atoms with Gasteiger partial charge in [0.15, 0.2) is 0 Å². The maximum atomic E-state index is 11.8. The van der Waals surface area contributed by atoms with Crippen molar-refractivity contribution in [3.8, 4) is 10.6 Å². The number of carbonyl (C=O) groups excluding carboxylic acids is 1. The van der Waals surface area contributed by atoms with Crippen molar-refractivity contribution in [3.63, 3.8) is 0 Å². The van der Waals surface area contributed by atoms with Crippen LogP contribution in [0.5, 0.6) is 0 Å². The Hall–Kier alpha value is -2.40. The molecule has 0 bridgehead atoms. The van der Waals surface area contributed by atoms with Crippen LogP contribution in [0.1, 0.15) is 16.1 Å². The smallest absolute Gasteiger partial charge is 0.254 e. The lowest BCUT2D eigenvalue weighted by Gasteiger charge is -2.00. The third kappa shape index (κ3) is 2.78. The fourth-order valence-electron chi connectivity index (χ4n) is 1.77. The molecule has 20 heavy (non-hydrogen) atoms. The lowest BCUT2D eigenvalue weighted by molar-refractivity contribution is 0.0950. The van der Waals surface area contributed by atoms with Crippen LogP contribution >= 0.6 is 11.3 Å². The zero-order chi connectivity index (χ0) is 13.8. The number of rotatable bonds is 4. The van der Waals surface area contributed by atoms with Crippen LogP contribution in [0.3, 0.4) is 0 Å². The Kier molecular flexibility index (Phi) is 3.60. The van der Waals surface area contributed by atoms with Crippen LogP contribution in [-0.4, -0.2) is 10.9 Å². The van der Waals surface area contributed by atoms with Gasteiger partial charge in [-0.05, 0) is 6.07 Å². The van der Waals surface area contributed by atoms with E-state index in [0.717, 1.165) is 16.3 Å². The van der Waals surface area contributed by atoms with E-state index in [0.29, 0.717) is 12.1 Å². The summed E-state index contributed by atoms with van der Waals surface area (Å²) in [6.45, 7) is 0.410. The summed E-state index contributed by atoms with van der Waals surface area (Å²) in [5.74, 6) is -0.159. The molecule has 2 aromatic heterocycles. The van der Waals surface area contributed by atoms with Gasteiger partial charge in [0, 0.05) is 10.9 Å². The average Bonchev–Trinajstić information content (AvgIpc) is 3.17. The van der Waals surface area contributed by atoms with Gasteiger partial charge in [-0.3, -0.25) is 4.79 Å². The Labute approximate surface area is 120 Å². The third-order valence-electron chi connectivity index (χ3n) is 2.79. The number of nitrogens with zero attached hydrogens (tertiary/aromatic N) is 1. The highest BCUT2D eigenvalue weighted by molar-refractivity contribution is 7.13. The summed E-state index contributed by atoms with van der Waals surface area (Å²) in [6, 6.07) is 11.6. The van der Waals surface area contributed by atoms with E-state index in [1.54, 1.807) is 17.4 Å². The van der Waals surface area contributed by atoms with Crippen LogP contribution in [-0.2, 0) is 6.54 Å². The van der Waals surface area contributed by atoms with Crippen LogP contribution in [0.25, 0.3) is 10.6 Å². The number of aromatic nitrogens is 1. The molecule has 5 heteroatoms. The Morgan fingerprint density at radius 2 is 2.10 bits per heavy atom. The second-order valence-corrected chi connectivity index (χ2v) is 5.06. The highest BCUT2D eigenvalue weighted by atomic mass is 32.1. The van der Waals surface area contributed by atoms with Crippen molar-refractivity contribution < 1.29 is 9.21 Å². The normalized spacial score (nSPS) is 10.4. The van der Waals surface area contributed by atoms with Crippen molar-refractivity contribution in [2.45, 2.75) is 6.54 Å². The molecule has 0 aliphatic rings. The van der Waals surface area contributed by atoms with Gasteiger partial charge in [-0.15, -0.1) is 11.3 Å². The lowest BCUT2D eigenvalue weighted by Crippen LogP contribution is -2.22. The van der Waals surface area contributed by atoms with Gasteiger partial charge >= 0.3 is 0 Å². The molecule has 100 valence electrons. The molecule has 3 aromatic rings. The fraction of sp³-hybridized carbons (Fsp3) is 0.0667. The highest BCUT2D eigenvalue weighted by Crippen LogP contribution is 2.23. The van der Waals surface area contributed by atoms with Crippen LogP contribution in [0, 0.1) is 0 Å². The van der Waals surface area contributed by atoms with Crippen molar-refractivity contribution >= 4 is 17.2 Å². The SMILES string of the molecule is O=C(NCc1csc(-c2ccccc2)n1)c1ccoc1. The molecule has 0 unspecified atom stereocenters. The molecule has 0 spiro atoms. The number of nitrogens with one attached hydrogen (secondary N) is 1. The molecule has 0 radical (unpaired) electrons. The first kappa shape index (κ1) is 12.6. The molecule has 0 saturated heterocycles. The Bertz CT molecular complexity index is 690. The van der Waals surface area contributed by atoms with Crippen LogP contribution in [0.4, 0.5) is 0 Å². The Morgan fingerprint density at radius 3 is 2.85 bits per heavy atom. The molecule has 0 fully saturated rings. The van der Waals surface area contributed by atoms with Crippen LogP contribution in [0.15, 0.2) is 58.7 Å². The van der Waals surface area contributed by atoms with Gasteiger partial charge in [-0.25, -0.2) is 4.98 Å². The molecule has 0 aliphatic carbocycles. The highest BCUT2D eigenvalue weighted by Gasteiger charge is 2.08. The zero-order valence-electron chi connectivity index (χ0n) is 10.6. The number of hydrogen-bond donors (Lipinski definition) is 1. The molecule has 1 amide bonds. The van der Waals surface area contributed by atoms with E-state index in [1.165, 1.54) is 12.5 Å². The van der Waals surface area contributed by atoms with Gasteiger partial charge in [-0.2, -0.15) is 0 Å². The van der Waals surface area contributed by atoms with E-state index in [1.807, 2.05) is 35.7 Å². The molecule has 0 saturated carbocycles. The van der Waals surface area contributed by atoms with Crippen LogP contribution in [0.2, 0.25) is 0 Å². The van der Waals surface area contributed by atoms with Gasteiger partial charge in [-0.1, -0.05) is 30.3 Å². The zero-order valence-corrected chi connectivity index (χ0v) is 11.4. The second kappa shape index (κ2) is 5.71. The minimum absolute atomic E-state index is 0.159. The molecular formula is C15H12N2O2S. The van der Waals surface area contributed by atoms with Crippen LogP contribution < -0.4 is 5.32 Å². The number of carbonyl (C=O) groups is 1. The minimum Gasteiger partial charge on any atom is -0.472 e. The van der Waals surface area contributed by atoms with Gasteiger partial charge in [0.25, 0.3) is 5.91 Å². The Balaban J connectivity index is 1.65. The number of amides is 1. The van der Waals surface area contributed by atoms with Crippen molar-refractivity contribution in [1.82, 2.24) is 10.3 Å². The summed E-state index contributed by atoms with van der Waals surface area (Å²) in [7, 11) is 0. The predicted octanol–water partition coefficient (Wildman–Crippen LogP) is 3.33. The number of hydrogen-bond acceptors (Lipinski definition) is 4. The van der Waals surface area contributed by atoms with Crippen molar-refractivity contribution in [2.24, 2.45) is 0 Å². The monoisotopic (exact) mass is 284 g/mol. The van der Waals surface area contributed by atoms with Crippen molar-refractivity contribution in [2.75, 3.05) is 0 Å². The summed E-state index contributed by atoms with van der Waals surface area (Å²) < 4.78 is 4.88. The first-order chi connectivity index (χ1) is 9.83. The minimum atomic E-state index is -0.159. The maximum absolute atomic E-state index is 11.8. The molecule has 0 aliphatic heterocycles. The largest absolute Gasteiger partial charge is 0.472 e. The number of furan rings is 1. The summed E-state index contributed by atoms with van der Waals surface area (Å²) in [4.78, 5) is 16.3. The standard InChI is InChI=1S/C15H12N2O2S/c18-14(12-6-7-19-9-12)16-8-13-10-20-15(17-13)11-4-2-1-3-5-11/h1-7,9-10H,8H2,(H,16,18). The van der Waals surface area contributed by atoms with E-state index >= 15 is 0 Å². The van der Waals surface area contributed by atoms with E-state index in [9.17, 15) is 4.79 Å². The number of benzene rings is 1. The molecule has 1 N–H and O–H groups in total. The van der Waals surface area contributed by atoms with E-state index in [2.05, 4.69) is 10.3 Å². The molecule has 3 rings (SSSR count). The van der Waals surface area contributed by atoms with Crippen molar-refractivity contribution in [3.05, 3.63) is 65.6 Å². The van der Waals surface area contributed by atoms with E-state index in [-0.39, 0.29) is 5.91 Å². The summed E-state index contributed by atoms with van der Waals surface area (Å²) in [5, 5.41) is 5.72. The molecule has 1 aromatic carbocycles. The lowest BCUT2D eigenvalue weighted by atomic mass is 10.2. The first-order valence-electron chi connectivity index (χ1n) is 6.13. The van der Waals surface area contributed by atoms with Gasteiger partial charge in [0.1, 0.15) is 11.3 Å². The molecule has 0 atom stereocenters. The van der Waals surface area contributed by atoms with Gasteiger partial charge < -0.3 is 9.73 Å². The topological polar surface area (TPSA) is 55.1 Å². The third-order valence-corrected chi connectivity index (χ3v) is 3.73. The second-order valence-electron chi connectivity index (χ2n) is 4.20. The molecule has 4 nitrogen and oxygen atoms in total. The summed E-state index contributed by atoms with van der Waals surface area (Å²) in [6.07, 6.45) is 2.90. The summed E-state index contributed by atoms with van der Waals surface area (Å²) >= 11 is 1.57. The fourth-order valence-corrected chi connectivity index (χ4v) is 2.59. The first-order valence-corrected chi connectivity index (χ1v) is 7.01. The average molecular weight is 284 g/mol. The number of thiazole rings is 1. The predicted molar refractivity (Wildman–Crippen MR) is 77.4 cm³/mol. The van der Waals surface area contributed by atoms with E-state index < -0.39 is 0 Å².